The van der Waals surface area contributed by atoms with E-state index in [1.165, 1.54) is 0 Å². The maximum absolute atomic E-state index is 13.1. The topological polar surface area (TPSA) is 55.6 Å². The van der Waals surface area contributed by atoms with Gasteiger partial charge in [0, 0.05) is 36.8 Å². The molecule has 1 saturated carbocycles. The summed E-state index contributed by atoms with van der Waals surface area (Å²) in [6.45, 7) is 6.72. The van der Waals surface area contributed by atoms with E-state index < -0.39 is 5.54 Å². The van der Waals surface area contributed by atoms with Crippen molar-refractivity contribution in [2.75, 3.05) is 31.2 Å². The second-order valence-corrected chi connectivity index (χ2v) is 8.11. The van der Waals surface area contributed by atoms with E-state index in [-0.39, 0.29) is 35.8 Å². The van der Waals surface area contributed by atoms with Crippen LogP contribution < -0.4 is 5.73 Å². The lowest BCUT2D eigenvalue weighted by Gasteiger charge is -2.65. The lowest BCUT2D eigenvalue weighted by atomic mass is 9.46. The summed E-state index contributed by atoms with van der Waals surface area (Å²) in [5.41, 5.74) is 5.70. The summed E-state index contributed by atoms with van der Waals surface area (Å²) in [5.74, 6) is 2.55. The molecule has 122 valence electrons. The molecule has 2 aliphatic heterocycles. The van der Waals surface area contributed by atoms with E-state index in [2.05, 4.69) is 13.8 Å². The predicted molar refractivity (Wildman–Crippen MR) is 88.9 cm³/mol. The maximum atomic E-state index is 13.1. The van der Waals surface area contributed by atoms with Gasteiger partial charge in [-0.2, -0.15) is 11.8 Å². The Morgan fingerprint density at radius 3 is 2.81 bits per heavy atom. The van der Waals surface area contributed by atoms with Crippen molar-refractivity contribution in [1.82, 2.24) is 4.90 Å². The highest BCUT2D eigenvalue weighted by Crippen LogP contribution is 2.58. The Labute approximate surface area is 137 Å². The number of amides is 1. The number of hydrogen-bond donors (Lipinski definition) is 1. The SMILES string of the molecule is CC1(C)C2OCCCC2C1(N)C(=O)N1CCCSCC1.Cl. The van der Waals surface area contributed by atoms with Crippen LogP contribution in [0.1, 0.15) is 33.1 Å². The van der Waals surface area contributed by atoms with Crippen molar-refractivity contribution in [2.24, 2.45) is 17.1 Å². The molecule has 2 saturated heterocycles. The molecule has 0 spiro atoms. The summed E-state index contributed by atoms with van der Waals surface area (Å²) in [4.78, 5) is 15.1. The number of nitrogens with zero attached hydrogens (tertiary/aromatic N) is 1. The van der Waals surface area contributed by atoms with Crippen LogP contribution in [-0.4, -0.2) is 53.7 Å². The molecule has 2 N–H and O–H groups in total. The summed E-state index contributed by atoms with van der Waals surface area (Å²) < 4.78 is 5.89. The van der Waals surface area contributed by atoms with Crippen molar-refractivity contribution in [2.45, 2.75) is 44.8 Å². The summed E-state index contributed by atoms with van der Waals surface area (Å²) in [6.07, 6.45) is 3.29. The highest BCUT2D eigenvalue weighted by atomic mass is 35.5. The molecule has 1 aliphatic carbocycles. The first kappa shape index (κ1) is 17.4. The van der Waals surface area contributed by atoms with Gasteiger partial charge in [-0.1, -0.05) is 13.8 Å². The van der Waals surface area contributed by atoms with Crippen molar-refractivity contribution in [3.63, 3.8) is 0 Å². The van der Waals surface area contributed by atoms with Gasteiger partial charge in [0.1, 0.15) is 5.54 Å². The number of rotatable bonds is 1. The first-order valence-corrected chi connectivity index (χ1v) is 8.92. The average molecular weight is 335 g/mol. The van der Waals surface area contributed by atoms with E-state index in [1.807, 2.05) is 16.7 Å². The van der Waals surface area contributed by atoms with Crippen molar-refractivity contribution < 1.29 is 9.53 Å². The van der Waals surface area contributed by atoms with Crippen molar-refractivity contribution >= 4 is 30.1 Å². The van der Waals surface area contributed by atoms with Crippen LogP contribution in [0.2, 0.25) is 0 Å². The molecule has 3 atom stereocenters. The quantitative estimate of drug-likeness (QED) is 0.796. The standard InChI is InChI=1S/C15H26N2O2S.ClH/c1-14(2)12-11(5-3-8-19-12)15(14,16)13(18)17-6-4-9-20-10-7-17;/h11-12H,3-10,16H2,1-2H3;1H. The lowest BCUT2D eigenvalue weighted by molar-refractivity contribution is -0.230. The van der Waals surface area contributed by atoms with E-state index in [0.29, 0.717) is 0 Å². The first-order chi connectivity index (χ1) is 9.49. The highest BCUT2D eigenvalue weighted by Gasteiger charge is 2.70. The predicted octanol–water partition coefficient (Wildman–Crippen LogP) is 1.91. The third-order valence-electron chi connectivity index (χ3n) is 5.55. The van der Waals surface area contributed by atoms with Crippen molar-refractivity contribution in [3.05, 3.63) is 0 Å². The Hall–Kier alpha value is 0.0300. The highest BCUT2D eigenvalue weighted by molar-refractivity contribution is 7.99. The third kappa shape index (κ3) is 2.50. The van der Waals surface area contributed by atoms with Crippen LogP contribution in [0.25, 0.3) is 0 Å². The number of thioether (sulfide) groups is 1. The Kier molecular flexibility index (Phi) is 5.19. The molecule has 0 radical (unpaired) electrons. The fourth-order valence-corrected chi connectivity index (χ4v) is 5.11. The molecule has 21 heavy (non-hydrogen) atoms. The van der Waals surface area contributed by atoms with Gasteiger partial charge in [-0.25, -0.2) is 0 Å². The van der Waals surface area contributed by atoms with Crippen molar-refractivity contribution in [3.8, 4) is 0 Å². The van der Waals surface area contributed by atoms with E-state index >= 15 is 0 Å². The van der Waals surface area contributed by atoms with E-state index in [0.717, 1.165) is 50.5 Å². The van der Waals surface area contributed by atoms with Gasteiger partial charge in [-0.3, -0.25) is 4.79 Å². The molecule has 3 fully saturated rings. The average Bonchev–Trinajstić information content (AvgIpc) is 2.74. The van der Waals surface area contributed by atoms with Gasteiger partial charge < -0.3 is 15.4 Å². The molecule has 1 amide bonds. The number of fused-ring (bicyclic) bond motifs is 1. The zero-order chi connectivity index (χ0) is 14.4. The molecule has 4 nitrogen and oxygen atoms in total. The number of carbonyl (C=O) groups excluding carboxylic acids is 1. The Balaban J connectivity index is 0.00000161. The van der Waals surface area contributed by atoms with Gasteiger partial charge in [0.25, 0.3) is 0 Å². The van der Waals surface area contributed by atoms with Crippen LogP contribution in [0, 0.1) is 11.3 Å². The molecule has 2 heterocycles. The van der Waals surface area contributed by atoms with Gasteiger partial charge in [0.2, 0.25) is 5.91 Å². The molecule has 3 aliphatic rings. The Morgan fingerprint density at radius 2 is 2.05 bits per heavy atom. The zero-order valence-electron chi connectivity index (χ0n) is 13.0. The molecule has 0 aromatic carbocycles. The first-order valence-electron chi connectivity index (χ1n) is 7.77. The largest absolute Gasteiger partial charge is 0.377 e. The molecule has 6 heteroatoms. The Morgan fingerprint density at radius 1 is 1.29 bits per heavy atom. The van der Waals surface area contributed by atoms with Gasteiger partial charge in [0.05, 0.1) is 6.10 Å². The maximum Gasteiger partial charge on any atom is 0.243 e. The number of nitrogens with two attached hydrogens (primary N) is 1. The summed E-state index contributed by atoms with van der Waals surface area (Å²) in [5, 5.41) is 0. The van der Waals surface area contributed by atoms with Crippen LogP contribution in [0.15, 0.2) is 0 Å². The molecule has 0 aromatic heterocycles. The zero-order valence-corrected chi connectivity index (χ0v) is 14.6. The fraction of sp³-hybridized carbons (Fsp3) is 0.933. The second kappa shape index (κ2) is 6.26. The van der Waals surface area contributed by atoms with Gasteiger partial charge in [-0.15, -0.1) is 12.4 Å². The van der Waals surface area contributed by atoms with Gasteiger partial charge >= 0.3 is 0 Å². The number of halogens is 1. The van der Waals surface area contributed by atoms with Crippen LogP contribution in [-0.2, 0) is 9.53 Å². The number of carbonyl (C=O) groups is 1. The van der Waals surface area contributed by atoms with Gasteiger partial charge in [-0.05, 0) is 25.0 Å². The molecule has 3 rings (SSSR count). The van der Waals surface area contributed by atoms with Crippen LogP contribution in [0.3, 0.4) is 0 Å². The molecular formula is C15H27ClN2O2S. The molecule has 0 bridgehead atoms. The lowest BCUT2D eigenvalue weighted by Crippen LogP contribution is -2.82. The van der Waals surface area contributed by atoms with Gasteiger partial charge in [0.15, 0.2) is 0 Å². The van der Waals surface area contributed by atoms with Crippen LogP contribution in [0.5, 0.6) is 0 Å². The summed E-state index contributed by atoms with van der Waals surface area (Å²) >= 11 is 1.94. The Bertz CT molecular complexity index is 399. The monoisotopic (exact) mass is 334 g/mol. The summed E-state index contributed by atoms with van der Waals surface area (Å²) in [7, 11) is 0. The normalized spacial score (nSPS) is 38.5. The second-order valence-electron chi connectivity index (χ2n) is 6.89. The molecular weight excluding hydrogens is 308 g/mol. The number of ether oxygens (including phenoxy) is 1. The van der Waals surface area contributed by atoms with Crippen LogP contribution in [0.4, 0.5) is 0 Å². The summed E-state index contributed by atoms with van der Waals surface area (Å²) in [6, 6.07) is 0. The van der Waals surface area contributed by atoms with E-state index in [4.69, 9.17) is 10.5 Å². The van der Waals surface area contributed by atoms with E-state index in [1.54, 1.807) is 0 Å². The minimum Gasteiger partial charge on any atom is -0.377 e. The van der Waals surface area contributed by atoms with E-state index in [9.17, 15) is 4.79 Å². The smallest absolute Gasteiger partial charge is 0.243 e. The molecule has 0 aromatic rings. The molecule has 3 unspecified atom stereocenters. The minimum atomic E-state index is -0.729. The number of hydrogen-bond acceptors (Lipinski definition) is 4. The van der Waals surface area contributed by atoms with Crippen molar-refractivity contribution in [1.29, 1.82) is 0 Å². The third-order valence-corrected chi connectivity index (χ3v) is 6.60. The minimum absolute atomic E-state index is 0. The fourth-order valence-electron chi connectivity index (χ4n) is 4.22. The van der Waals surface area contributed by atoms with Crippen LogP contribution >= 0.6 is 24.2 Å².